The summed E-state index contributed by atoms with van der Waals surface area (Å²) in [6, 6.07) is 0. The summed E-state index contributed by atoms with van der Waals surface area (Å²) in [7, 11) is 0. The number of carbonyl (C=O) groups is 2. The van der Waals surface area contributed by atoms with Crippen molar-refractivity contribution in [3.05, 3.63) is 0 Å². The quantitative estimate of drug-likeness (QED) is 0.0631. The summed E-state index contributed by atoms with van der Waals surface area (Å²) in [6.45, 7) is 6.63. The molecule has 0 aliphatic rings. The van der Waals surface area contributed by atoms with Gasteiger partial charge in [0, 0.05) is 12.8 Å². The number of aliphatic hydroxyl groups excluding tert-OH is 1. The number of carbonyl (C=O) groups excluding carboxylic acids is 2. The van der Waals surface area contributed by atoms with Crippen molar-refractivity contribution in [3.63, 3.8) is 0 Å². The second-order valence-electron chi connectivity index (χ2n) is 12.8. The van der Waals surface area contributed by atoms with E-state index in [1.165, 1.54) is 128 Å². The molecule has 0 heterocycles. The third-order valence-corrected chi connectivity index (χ3v) is 8.02. The Labute approximate surface area is 255 Å². The van der Waals surface area contributed by atoms with E-state index in [1.54, 1.807) is 0 Å². The van der Waals surface area contributed by atoms with E-state index in [9.17, 15) is 14.7 Å². The molecule has 0 aliphatic carbocycles. The average Bonchev–Trinajstić information content (AvgIpc) is 2.95. The van der Waals surface area contributed by atoms with E-state index < -0.39 is 6.10 Å². The maximum absolute atomic E-state index is 11.9. The largest absolute Gasteiger partial charge is 0.463 e. The van der Waals surface area contributed by atoms with Crippen molar-refractivity contribution in [3.8, 4) is 0 Å². The highest BCUT2D eigenvalue weighted by atomic mass is 16.6. The lowest BCUT2D eigenvalue weighted by atomic mass is 10.0. The van der Waals surface area contributed by atoms with Crippen LogP contribution in [0.25, 0.3) is 0 Å². The van der Waals surface area contributed by atoms with Gasteiger partial charge in [0.15, 0.2) is 0 Å². The Morgan fingerprint density at radius 3 is 1.10 bits per heavy atom. The van der Waals surface area contributed by atoms with Crippen LogP contribution in [0.15, 0.2) is 0 Å². The first-order valence-electron chi connectivity index (χ1n) is 17.9. The van der Waals surface area contributed by atoms with Crippen LogP contribution in [0.4, 0.5) is 0 Å². The Morgan fingerprint density at radius 1 is 0.488 bits per heavy atom. The minimum atomic E-state index is -0.954. The molecule has 5 heteroatoms. The molecule has 244 valence electrons. The predicted molar refractivity (Wildman–Crippen MR) is 173 cm³/mol. The van der Waals surface area contributed by atoms with Crippen molar-refractivity contribution in [1.82, 2.24) is 0 Å². The SMILES string of the molecule is CCCCCCCCCCCCCCCCCC(=O)OC[C@@H](O)COC(=O)CCCCCCCCCCCC(C)C. The first kappa shape index (κ1) is 39.9. The zero-order valence-corrected chi connectivity index (χ0v) is 27.7. The lowest BCUT2D eigenvalue weighted by Gasteiger charge is -2.12. The van der Waals surface area contributed by atoms with E-state index in [0.29, 0.717) is 12.8 Å². The van der Waals surface area contributed by atoms with E-state index in [4.69, 9.17) is 9.47 Å². The lowest BCUT2D eigenvalue weighted by Crippen LogP contribution is -2.25. The minimum Gasteiger partial charge on any atom is -0.463 e. The fourth-order valence-corrected chi connectivity index (χ4v) is 5.27. The number of hydrogen-bond donors (Lipinski definition) is 1. The van der Waals surface area contributed by atoms with Gasteiger partial charge in [-0.3, -0.25) is 9.59 Å². The molecule has 0 unspecified atom stereocenters. The number of esters is 2. The van der Waals surface area contributed by atoms with Crippen LogP contribution in [0.3, 0.4) is 0 Å². The zero-order chi connectivity index (χ0) is 30.2. The van der Waals surface area contributed by atoms with Gasteiger partial charge in [0.25, 0.3) is 0 Å². The molecule has 0 bridgehead atoms. The minimum absolute atomic E-state index is 0.109. The van der Waals surface area contributed by atoms with Gasteiger partial charge in [0.05, 0.1) is 0 Å². The summed E-state index contributed by atoms with van der Waals surface area (Å²) >= 11 is 0. The van der Waals surface area contributed by atoms with Gasteiger partial charge >= 0.3 is 11.9 Å². The van der Waals surface area contributed by atoms with Gasteiger partial charge in [-0.25, -0.2) is 0 Å². The number of ether oxygens (including phenoxy) is 2. The monoisotopic (exact) mass is 583 g/mol. The van der Waals surface area contributed by atoms with E-state index >= 15 is 0 Å². The highest BCUT2D eigenvalue weighted by Crippen LogP contribution is 2.15. The molecule has 0 amide bonds. The number of unbranched alkanes of at least 4 members (excludes halogenated alkanes) is 22. The van der Waals surface area contributed by atoms with E-state index in [-0.39, 0.29) is 25.2 Å². The van der Waals surface area contributed by atoms with Crippen LogP contribution in [0, 0.1) is 5.92 Å². The van der Waals surface area contributed by atoms with Gasteiger partial charge < -0.3 is 14.6 Å². The summed E-state index contributed by atoms with van der Waals surface area (Å²) in [5.74, 6) is 0.264. The Morgan fingerprint density at radius 2 is 0.780 bits per heavy atom. The molecule has 0 radical (unpaired) electrons. The van der Waals surface area contributed by atoms with Crippen molar-refractivity contribution < 1.29 is 24.2 Å². The Balaban J connectivity index is 3.40. The standard InChI is InChI=1S/C36H70O5/c1-4-5-6-7-8-9-10-11-12-13-14-17-20-23-26-29-35(38)40-31-34(37)32-41-36(39)30-27-24-21-18-15-16-19-22-25-28-33(2)3/h33-34,37H,4-32H2,1-3H3/t34-/m1/s1. The summed E-state index contributed by atoms with van der Waals surface area (Å²) in [5, 5.41) is 9.97. The lowest BCUT2D eigenvalue weighted by molar-refractivity contribution is -0.152. The Hall–Kier alpha value is -1.10. The number of hydrogen-bond acceptors (Lipinski definition) is 5. The summed E-state index contributed by atoms with van der Waals surface area (Å²) in [5.41, 5.74) is 0. The number of rotatable bonds is 32. The second-order valence-corrected chi connectivity index (χ2v) is 12.8. The molecular formula is C36H70O5. The highest BCUT2D eigenvalue weighted by Gasteiger charge is 2.12. The van der Waals surface area contributed by atoms with Gasteiger partial charge in [-0.05, 0) is 18.8 Å². The molecule has 0 saturated carbocycles. The van der Waals surface area contributed by atoms with Gasteiger partial charge in [0.2, 0.25) is 0 Å². The van der Waals surface area contributed by atoms with Crippen LogP contribution in [0.5, 0.6) is 0 Å². The van der Waals surface area contributed by atoms with Crippen LogP contribution in [0.1, 0.15) is 194 Å². The molecule has 0 saturated heterocycles. The molecule has 5 nitrogen and oxygen atoms in total. The smallest absolute Gasteiger partial charge is 0.305 e. The first-order chi connectivity index (χ1) is 20.0. The van der Waals surface area contributed by atoms with Crippen molar-refractivity contribution >= 4 is 11.9 Å². The van der Waals surface area contributed by atoms with Crippen LogP contribution in [-0.4, -0.2) is 36.4 Å². The topological polar surface area (TPSA) is 72.8 Å². The molecule has 0 fully saturated rings. The van der Waals surface area contributed by atoms with Crippen molar-refractivity contribution in [2.24, 2.45) is 5.92 Å². The fourth-order valence-electron chi connectivity index (χ4n) is 5.27. The van der Waals surface area contributed by atoms with E-state index in [0.717, 1.165) is 38.0 Å². The molecule has 0 aromatic heterocycles. The summed E-state index contributed by atoms with van der Waals surface area (Å²) in [4.78, 5) is 23.8. The van der Waals surface area contributed by atoms with Crippen molar-refractivity contribution in [1.29, 1.82) is 0 Å². The molecule has 0 aromatic carbocycles. The summed E-state index contributed by atoms with van der Waals surface area (Å²) in [6.07, 6.45) is 31.5. The first-order valence-corrected chi connectivity index (χ1v) is 17.9. The molecule has 0 rings (SSSR count). The van der Waals surface area contributed by atoms with E-state index in [1.807, 2.05) is 0 Å². The van der Waals surface area contributed by atoms with E-state index in [2.05, 4.69) is 20.8 Å². The van der Waals surface area contributed by atoms with Crippen LogP contribution in [-0.2, 0) is 19.1 Å². The molecule has 0 spiro atoms. The van der Waals surface area contributed by atoms with Gasteiger partial charge in [-0.1, -0.05) is 168 Å². The Kier molecular flexibility index (Phi) is 31.0. The molecule has 1 N–H and O–H groups in total. The maximum Gasteiger partial charge on any atom is 0.305 e. The third-order valence-electron chi connectivity index (χ3n) is 8.02. The second kappa shape index (κ2) is 31.8. The number of aliphatic hydroxyl groups is 1. The molecule has 0 aromatic rings. The third kappa shape index (κ3) is 33.3. The zero-order valence-electron chi connectivity index (χ0n) is 27.7. The van der Waals surface area contributed by atoms with Crippen LogP contribution in [0.2, 0.25) is 0 Å². The highest BCUT2D eigenvalue weighted by molar-refractivity contribution is 5.69. The van der Waals surface area contributed by atoms with Gasteiger partial charge in [0.1, 0.15) is 19.3 Å². The molecule has 0 aliphatic heterocycles. The predicted octanol–water partition coefficient (Wildman–Crippen LogP) is 10.6. The van der Waals surface area contributed by atoms with Crippen molar-refractivity contribution in [2.45, 2.75) is 200 Å². The molecule has 1 atom stereocenters. The normalized spacial score (nSPS) is 12.1. The molecule has 41 heavy (non-hydrogen) atoms. The van der Waals surface area contributed by atoms with Crippen LogP contribution >= 0.6 is 0 Å². The van der Waals surface area contributed by atoms with Gasteiger partial charge in [-0.2, -0.15) is 0 Å². The average molecular weight is 583 g/mol. The summed E-state index contributed by atoms with van der Waals surface area (Å²) < 4.78 is 10.3. The Bertz CT molecular complexity index is 562. The molecular weight excluding hydrogens is 512 g/mol. The van der Waals surface area contributed by atoms with Crippen molar-refractivity contribution in [2.75, 3.05) is 13.2 Å². The van der Waals surface area contributed by atoms with Gasteiger partial charge in [-0.15, -0.1) is 0 Å². The van der Waals surface area contributed by atoms with Crippen LogP contribution < -0.4 is 0 Å². The maximum atomic E-state index is 11.9. The fraction of sp³-hybridized carbons (Fsp3) is 0.944.